The molecule has 2 amide bonds. The van der Waals surface area contributed by atoms with Gasteiger partial charge in [-0.05, 0) is 34.1 Å². The van der Waals surface area contributed by atoms with Crippen LogP contribution >= 0.6 is 39.9 Å². The highest BCUT2D eigenvalue weighted by atomic mass is 127. The predicted molar refractivity (Wildman–Crippen MR) is 123 cm³/mol. The summed E-state index contributed by atoms with van der Waals surface area (Å²) in [6.45, 7) is 1.39. The molecule has 0 unspecified atom stereocenters. The summed E-state index contributed by atoms with van der Waals surface area (Å²) >= 11 is 3.48. The third kappa shape index (κ3) is 4.57. The average Bonchev–Trinajstić information content (AvgIpc) is 3.09. The summed E-state index contributed by atoms with van der Waals surface area (Å²) in [6, 6.07) is 8.97. The van der Waals surface area contributed by atoms with Gasteiger partial charge in [-0.2, -0.15) is 0 Å². The van der Waals surface area contributed by atoms with Gasteiger partial charge in [0, 0.05) is 50.6 Å². The number of imide groups is 1. The van der Waals surface area contributed by atoms with Crippen molar-refractivity contribution in [3.63, 3.8) is 0 Å². The maximum atomic E-state index is 12.4. The molecular weight excluding hydrogens is 537 g/mol. The Bertz CT molecular complexity index is 876. The van der Waals surface area contributed by atoms with Crippen LogP contribution in [0.4, 0.5) is 0 Å². The van der Waals surface area contributed by atoms with Crippen molar-refractivity contribution in [3.8, 4) is 0 Å². The van der Waals surface area contributed by atoms with E-state index in [1.165, 1.54) is 4.90 Å². The van der Waals surface area contributed by atoms with Crippen LogP contribution in [0.2, 0.25) is 0 Å². The molecule has 0 aliphatic carbocycles. The first-order valence-electron chi connectivity index (χ1n) is 8.60. The smallest absolute Gasteiger partial charge is 0.261 e. The second kappa shape index (κ2) is 9.55. The molecule has 1 aromatic heterocycles. The molecule has 150 valence electrons. The van der Waals surface area contributed by atoms with Gasteiger partial charge in [-0.1, -0.05) is 12.1 Å². The number of fused-ring (bicyclic) bond motifs is 1. The molecule has 3 rings (SSSR count). The fourth-order valence-corrected chi connectivity index (χ4v) is 3.72. The summed E-state index contributed by atoms with van der Waals surface area (Å²) in [5.41, 5.74) is 2.07. The van der Waals surface area contributed by atoms with Crippen molar-refractivity contribution in [1.29, 1.82) is 0 Å². The molecule has 1 aromatic carbocycles. The van der Waals surface area contributed by atoms with Crippen molar-refractivity contribution in [2.24, 2.45) is 12.0 Å². The van der Waals surface area contributed by atoms with Gasteiger partial charge in [0.2, 0.25) is 0 Å². The van der Waals surface area contributed by atoms with Crippen LogP contribution in [0.3, 0.4) is 0 Å². The standard InChI is InChI=1S/C19H22BrN5O2.HI/c1-21-19(24(3)12-14-10-13(20)11-23(14)2)22-8-9-25-17(26)15-6-4-5-7-16(15)18(25)27;/h4-7,10-11H,8-9,12H2,1-3H3,(H,21,22);1H. The highest BCUT2D eigenvalue weighted by molar-refractivity contribution is 14.0. The van der Waals surface area contributed by atoms with Crippen LogP contribution in [0.1, 0.15) is 26.4 Å². The van der Waals surface area contributed by atoms with E-state index in [9.17, 15) is 9.59 Å². The normalized spacial score (nSPS) is 13.4. The third-order valence-electron chi connectivity index (χ3n) is 4.54. The Hall–Kier alpha value is -1.88. The van der Waals surface area contributed by atoms with E-state index in [-0.39, 0.29) is 42.3 Å². The molecule has 1 aliphatic heterocycles. The highest BCUT2D eigenvalue weighted by Crippen LogP contribution is 2.21. The van der Waals surface area contributed by atoms with E-state index in [1.807, 2.05) is 29.8 Å². The predicted octanol–water partition coefficient (Wildman–Crippen LogP) is 2.71. The summed E-state index contributed by atoms with van der Waals surface area (Å²) < 4.78 is 3.08. The van der Waals surface area contributed by atoms with Gasteiger partial charge in [-0.15, -0.1) is 24.0 Å². The van der Waals surface area contributed by atoms with Crippen molar-refractivity contribution in [3.05, 3.63) is 57.8 Å². The first kappa shape index (κ1) is 22.4. The van der Waals surface area contributed by atoms with Crippen LogP contribution in [0.5, 0.6) is 0 Å². The van der Waals surface area contributed by atoms with Crippen molar-refractivity contribution in [2.45, 2.75) is 6.54 Å². The van der Waals surface area contributed by atoms with Gasteiger partial charge in [-0.3, -0.25) is 19.5 Å². The number of rotatable bonds is 5. The molecule has 0 saturated heterocycles. The monoisotopic (exact) mass is 559 g/mol. The maximum Gasteiger partial charge on any atom is 0.261 e. The molecule has 0 radical (unpaired) electrons. The summed E-state index contributed by atoms with van der Waals surface area (Å²) in [6.07, 6.45) is 2.00. The van der Waals surface area contributed by atoms with Gasteiger partial charge >= 0.3 is 0 Å². The van der Waals surface area contributed by atoms with Crippen LogP contribution in [0.25, 0.3) is 0 Å². The van der Waals surface area contributed by atoms with Crippen LogP contribution in [0.15, 0.2) is 46.0 Å². The minimum atomic E-state index is -0.241. The highest BCUT2D eigenvalue weighted by Gasteiger charge is 2.34. The van der Waals surface area contributed by atoms with E-state index in [0.717, 1.165) is 10.2 Å². The summed E-state index contributed by atoms with van der Waals surface area (Å²) in [7, 11) is 5.65. The van der Waals surface area contributed by atoms with Gasteiger partial charge in [-0.25, -0.2) is 0 Å². The largest absolute Gasteiger partial charge is 0.354 e. The van der Waals surface area contributed by atoms with E-state index >= 15 is 0 Å². The van der Waals surface area contributed by atoms with Gasteiger partial charge < -0.3 is 14.8 Å². The number of hydrogen-bond donors (Lipinski definition) is 1. The Kier molecular flexibility index (Phi) is 7.64. The van der Waals surface area contributed by atoms with E-state index in [1.54, 1.807) is 31.3 Å². The summed E-state index contributed by atoms with van der Waals surface area (Å²) in [4.78, 5) is 32.3. The minimum Gasteiger partial charge on any atom is -0.354 e. The number of nitrogens with zero attached hydrogens (tertiary/aromatic N) is 4. The molecule has 0 atom stereocenters. The first-order valence-corrected chi connectivity index (χ1v) is 9.39. The molecule has 1 aliphatic rings. The molecule has 2 aromatic rings. The Balaban J connectivity index is 0.00000280. The lowest BCUT2D eigenvalue weighted by molar-refractivity contribution is 0.0657. The molecule has 7 nitrogen and oxygen atoms in total. The van der Waals surface area contributed by atoms with E-state index in [2.05, 4.69) is 32.3 Å². The van der Waals surface area contributed by atoms with E-state index < -0.39 is 0 Å². The molecule has 9 heteroatoms. The molecule has 1 N–H and O–H groups in total. The number of carbonyl (C=O) groups is 2. The minimum absolute atomic E-state index is 0. The topological polar surface area (TPSA) is 69.9 Å². The third-order valence-corrected chi connectivity index (χ3v) is 4.98. The number of carbonyl (C=O) groups excluding carboxylic acids is 2. The molecule has 28 heavy (non-hydrogen) atoms. The Morgan fingerprint density at radius 1 is 1.21 bits per heavy atom. The molecule has 0 spiro atoms. The Labute approximate surface area is 189 Å². The second-order valence-corrected chi connectivity index (χ2v) is 7.31. The molecule has 0 bridgehead atoms. The second-order valence-electron chi connectivity index (χ2n) is 6.40. The fraction of sp³-hybridized carbons (Fsp3) is 0.316. The van der Waals surface area contributed by atoms with Crippen LogP contribution in [-0.2, 0) is 13.6 Å². The maximum absolute atomic E-state index is 12.4. The first-order chi connectivity index (χ1) is 12.9. The van der Waals surface area contributed by atoms with Crippen molar-refractivity contribution < 1.29 is 9.59 Å². The van der Waals surface area contributed by atoms with Crippen molar-refractivity contribution in [2.75, 3.05) is 27.2 Å². The van der Waals surface area contributed by atoms with Crippen molar-refractivity contribution >= 4 is 57.7 Å². The van der Waals surface area contributed by atoms with E-state index in [4.69, 9.17) is 0 Å². The fourth-order valence-electron chi connectivity index (χ4n) is 3.15. The number of aliphatic imine (C=N–C) groups is 1. The zero-order valence-electron chi connectivity index (χ0n) is 16.0. The summed E-state index contributed by atoms with van der Waals surface area (Å²) in [5.74, 6) is 0.215. The number of aromatic nitrogens is 1. The lowest BCUT2D eigenvalue weighted by Gasteiger charge is -2.23. The Morgan fingerprint density at radius 3 is 2.32 bits per heavy atom. The molecule has 0 fully saturated rings. The number of guanidine groups is 1. The zero-order valence-corrected chi connectivity index (χ0v) is 19.9. The number of nitrogens with one attached hydrogen (secondary N) is 1. The average molecular weight is 560 g/mol. The van der Waals surface area contributed by atoms with Gasteiger partial charge in [0.25, 0.3) is 11.8 Å². The van der Waals surface area contributed by atoms with Crippen LogP contribution in [-0.4, -0.2) is 59.3 Å². The number of halogens is 2. The van der Waals surface area contributed by atoms with Crippen LogP contribution in [0, 0.1) is 0 Å². The number of amides is 2. The van der Waals surface area contributed by atoms with Crippen LogP contribution < -0.4 is 5.32 Å². The SMILES string of the molecule is CN=C(NCCN1C(=O)c2ccccc2C1=O)N(C)Cc1cc(Br)cn1C.I. The molecule has 2 heterocycles. The number of benzene rings is 1. The van der Waals surface area contributed by atoms with Gasteiger partial charge in [0.1, 0.15) is 0 Å². The summed E-state index contributed by atoms with van der Waals surface area (Å²) in [5, 5.41) is 3.22. The molecular formula is C19H23BrIN5O2. The number of aryl methyl sites for hydroxylation is 1. The van der Waals surface area contributed by atoms with E-state index in [0.29, 0.717) is 30.2 Å². The van der Waals surface area contributed by atoms with Gasteiger partial charge in [0.15, 0.2) is 5.96 Å². The quantitative estimate of drug-likeness (QED) is 0.265. The van der Waals surface area contributed by atoms with Crippen molar-refractivity contribution in [1.82, 2.24) is 19.7 Å². The zero-order chi connectivity index (χ0) is 19.6. The lowest BCUT2D eigenvalue weighted by Crippen LogP contribution is -2.43. The molecule has 0 saturated carbocycles. The number of hydrogen-bond acceptors (Lipinski definition) is 3. The van der Waals surface area contributed by atoms with Gasteiger partial charge in [0.05, 0.1) is 17.7 Å². The Morgan fingerprint density at radius 2 is 1.82 bits per heavy atom. The lowest BCUT2D eigenvalue weighted by atomic mass is 10.1.